The van der Waals surface area contributed by atoms with Crippen LogP contribution in [0.2, 0.25) is 0 Å². The number of rotatable bonds is 3. The minimum absolute atomic E-state index is 0.180. The van der Waals surface area contributed by atoms with E-state index < -0.39 is 0 Å². The number of benzene rings is 1. The molecule has 2 rings (SSSR count). The van der Waals surface area contributed by atoms with Crippen LogP contribution in [-0.2, 0) is 0 Å². The molecule has 6 heteroatoms. The second kappa shape index (κ2) is 5.60. The van der Waals surface area contributed by atoms with Crippen molar-refractivity contribution in [3.8, 4) is 0 Å². The van der Waals surface area contributed by atoms with Crippen LogP contribution in [0.25, 0.3) is 0 Å². The second-order valence-corrected chi connectivity index (χ2v) is 5.67. The fraction of sp³-hybridized carbons (Fsp3) is 0. The van der Waals surface area contributed by atoms with E-state index in [1.807, 2.05) is 23.6 Å². The molecule has 0 aliphatic heterocycles. The third-order valence-corrected chi connectivity index (χ3v) is 4.32. The molecule has 0 bridgehead atoms. The number of thiophene rings is 1. The Morgan fingerprint density at radius 1 is 1.33 bits per heavy atom. The molecule has 2 aromatic rings. The van der Waals surface area contributed by atoms with Crippen molar-refractivity contribution >= 4 is 56.1 Å². The summed E-state index contributed by atoms with van der Waals surface area (Å²) in [6.45, 7) is 0. The van der Waals surface area contributed by atoms with Crippen LogP contribution in [0, 0.1) is 0 Å². The molecule has 3 N–H and O–H groups in total. The van der Waals surface area contributed by atoms with E-state index in [1.165, 1.54) is 11.3 Å². The number of thiocarbonyl (C=S) groups is 1. The minimum atomic E-state index is -0.180. The van der Waals surface area contributed by atoms with Crippen molar-refractivity contribution in [2.45, 2.75) is 0 Å². The quantitative estimate of drug-likeness (QED) is 0.842. The predicted molar refractivity (Wildman–Crippen MR) is 82.3 cm³/mol. The average molecular weight is 341 g/mol. The van der Waals surface area contributed by atoms with Crippen LogP contribution >= 0.6 is 39.5 Å². The molecule has 18 heavy (non-hydrogen) atoms. The summed E-state index contributed by atoms with van der Waals surface area (Å²) < 4.78 is 0.776. The van der Waals surface area contributed by atoms with E-state index in [2.05, 4.69) is 21.2 Å². The standard InChI is InChI=1S/C12H9BrN2OS2/c13-8-5-6-18-10(8)12(16)15-9-4-2-1-3-7(9)11(14)17/h1-6H,(H2,14,17)(H,15,16). The molecule has 0 saturated carbocycles. The molecule has 0 unspecified atom stereocenters. The molecule has 1 aromatic carbocycles. The molecule has 0 fully saturated rings. The fourth-order valence-corrected chi connectivity index (χ4v) is 3.07. The van der Waals surface area contributed by atoms with E-state index >= 15 is 0 Å². The van der Waals surface area contributed by atoms with Crippen LogP contribution in [-0.4, -0.2) is 10.9 Å². The lowest BCUT2D eigenvalue weighted by molar-refractivity contribution is 0.103. The van der Waals surface area contributed by atoms with Gasteiger partial charge in [-0.1, -0.05) is 24.4 Å². The molecule has 0 aliphatic rings. The first kappa shape index (κ1) is 13.2. The summed E-state index contributed by atoms with van der Waals surface area (Å²) in [6.07, 6.45) is 0. The van der Waals surface area contributed by atoms with Gasteiger partial charge in [0.25, 0.3) is 5.91 Å². The van der Waals surface area contributed by atoms with Gasteiger partial charge >= 0.3 is 0 Å². The SMILES string of the molecule is NC(=S)c1ccccc1NC(=O)c1sccc1Br. The zero-order valence-electron chi connectivity index (χ0n) is 9.14. The Kier molecular flexibility index (Phi) is 4.11. The van der Waals surface area contributed by atoms with Crippen molar-refractivity contribution in [3.05, 3.63) is 50.6 Å². The number of carbonyl (C=O) groups excluding carboxylic acids is 1. The van der Waals surface area contributed by atoms with E-state index in [9.17, 15) is 4.79 Å². The Bertz CT molecular complexity index is 610. The van der Waals surface area contributed by atoms with Crippen molar-refractivity contribution in [2.24, 2.45) is 5.73 Å². The largest absolute Gasteiger partial charge is 0.389 e. The third-order valence-electron chi connectivity index (χ3n) is 2.26. The highest BCUT2D eigenvalue weighted by Gasteiger charge is 2.13. The first-order valence-corrected chi connectivity index (χ1v) is 7.11. The minimum Gasteiger partial charge on any atom is -0.389 e. The lowest BCUT2D eigenvalue weighted by Gasteiger charge is -2.09. The molecule has 0 aliphatic carbocycles. The Hall–Kier alpha value is -1.24. The van der Waals surface area contributed by atoms with Crippen LogP contribution in [0.5, 0.6) is 0 Å². The van der Waals surface area contributed by atoms with Gasteiger partial charge in [-0.3, -0.25) is 4.79 Å². The zero-order valence-corrected chi connectivity index (χ0v) is 12.4. The lowest BCUT2D eigenvalue weighted by Crippen LogP contribution is -2.17. The lowest BCUT2D eigenvalue weighted by atomic mass is 10.2. The first-order valence-electron chi connectivity index (χ1n) is 5.03. The average Bonchev–Trinajstić information content (AvgIpc) is 2.76. The zero-order chi connectivity index (χ0) is 13.1. The molecule has 1 amide bonds. The number of nitrogens with two attached hydrogens (primary N) is 1. The molecule has 3 nitrogen and oxygen atoms in total. The number of para-hydroxylation sites is 1. The van der Waals surface area contributed by atoms with Crippen LogP contribution < -0.4 is 11.1 Å². The van der Waals surface area contributed by atoms with Gasteiger partial charge in [0.05, 0.1) is 5.69 Å². The molecule has 0 spiro atoms. The molecule has 0 saturated heterocycles. The van der Waals surface area contributed by atoms with Gasteiger partial charge < -0.3 is 11.1 Å². The summed E-state index contributed by atoms with van der Waals surface area (Å²) in [4.78, 5) is 12.9. The third kappa shape index (κ3) is 2.77. The van der Waals surface area contributed by atoms with E-state index in [1.54, 1.807) is 12.1 Å². The van der Waals surface area contributed by atoms with Crippen LogP contribution in [0.3, 0.4) is 0 Å². The smallest absolute Gasteiger partial charge is 0.266 e. The number of hydrogen-bond acceptors (Lipinski definition) is 3. The summed E-state index contributed by atoms with van der Waals surface area (Å²) in [6, 6.07) is 9.03. The van der Waals surface area contributed by atoms with Gasteiger partial charge in [0.1, 0.15) is 9.87 Å². The Balaban J connectivity index is 2.28. The fourth-order valence-electron chi connectivity index (χ4n) is 1.44. The summed E-state index contributed by atoms with van der Waals surface area (Å²) in [5.74, 6) is -0.180. The maximum absolute atomic E-state index is 12.1. The monoisotopic (exact) mass is 340 g/mol. The Morgan fingerprint density at radius 2 is 2.06 bits per heavy atom. The van der Waals surface area contributed by atoms with Gasteiger partial charge in [0.15, 0.2) is 0 Å². The van der Waals surface area contributed by atoms with E-state index in [-0.39, 0.29) is 10.9 Å². The molecule has 1 aromatic heterocycles. The van der Waals surface area contributed by atoms with Gasteiger partial charge in [-0.25, -0.2) is 0 Å². The number of halogens is 1. The topological polar surface area (TPSA) is 55.1 Å². The van der Waals surface area contributed by atoms with Crippen LogP contribution in [0.15, 0.2) is 40.2 Å². The summed E-state index contributed by atoms with van der Waals surface area (Å²) >= 11 is 9.64. The summed E-state index contributed by atoms with van der Waals surface area (Å²) in [7, 11) is 0. The number of hydrogen-bond donors (Lipinski definition) is 2. The van der Waals surface area contributed by atoms with Gasteiger partial charge in [0, 0.05) is 10.0 Å². The molecule has 0 atom stereocenters. The number of anilines is 1. The number of amides is 1. The van der Waals surface area contributed by atoms with Crippen molar-refractivity contribution in [1.82, 2.24) is 0 Å². The molecular formula is C12H9BrN2OS2. The highest BCUT2D eigenvalue weighted by molar-refractivity contribution is 9.10. The summed E-state index contributed by atoms with van der Waals surface area (Å²) in [5, 5.41) is 4.65. The predicted octanol–water partition coefficient (Wildman–Crippen LogP) is 3.40. The van der Waals surface area contributed by atoms with Crippen molar-refractivity contribution < 1.29 is 4.79 Å². The normalized spacial score (nSPS) is 10.1. The molecule has 0 radical (unpaired) electrons. The Morgan fingerprint density at radius 3 is 2.67 bits per heavy atom. The first-order chi connectivity index (χ1) is 8.59. The van der Waals surface area contributed by atoms with Crippen molar-refractivity contribution in [1.29, 1.82) is 0 Å². The van der Waals surface area contributed by atoms with E-state index in [0.29, 0.717) is 16.1 Å². The second-order valence-electron chi connectivity index (χ2n) is 3.46. The number of nitrogens with one attached hydrogen (secondary N) is 1. The van der Waals surface area contributed by atoms with Crippen LogP contribution in [0.1, 0.15) is 15.2 Å². The Labute approximate surface area is 122 Å². The van der Waals surface area contributed by atoms with Crippen molar-refractivity contribution in [2.75, 3.05) is 5.32 Å². The van der Waals surface area contributed by atoms with E-state index in [4.69, 9.17) is 18.0 Å². The highest BCUT2D eigenvalue weighted by Crippen LogP contribution is 2.24. The van der Waals surface area contributed by atoms with Gasteiger partial charge in [-0.2, -0.15) is 0 Å². The molecule has 1 heterocycles. The van der Waals surface area contributed by atoms with Gasteiger partial charge in [-0.15, -0.1) is 11.3 Å². The molecule has 92 valence electrons. The maximum atomic E-state index is 12.1. The van der Waals surface area contributed by atoms with E-state index in [0.717, 1.165) is 4.47 Å². The highest BCUT2D eigenvalue weighted by atomic mass is 79.9. The summed E-state index contributed by atoms with van der Waals surface area (Å²) in [5.41, 5.74) is 6.89. The van der Waals surface area contributed by atoms with Crippen LogP contribution in [0.4, 0.5) is 5.69 Å². The number of carbonyl (C=O) groups is 1. The van der Waals surface area contributed by atoms with Crippen molar-refractivity contribution in [3.63, 3.8) is 0 Å². The van der Waals surface area contributed by atoms with Gasteiger partial charge in [0.2, 0.25) is 0 Å². The van der Waals surface area contributed by atoms with Gasteiger partial charge in [-0.05, 0) is 39.5 Å². The molecular weight excluding hydrogens is 332 g/mol. The maximum Gasteiger partial charge on any atom is 0.266 e.